The first-order chi connectivity index (χ1) is 18.7. The molecule has 39 heavy (non-hydrogen) atoms. The van der Waals surface area contributed by atoms with E-state index in [1.807, 2.05) is 13.8 Å². The number of amides is 1. The van der Waals surface area contributed by atoms with Gasteiger partial charge in [-0.15, -0.1) is 0 Å². The largest absolute Gasteiger partial charge is 0.465 e. The molecule has 2 atom stereocenters. The molecule has 1 aliphatic rings. The van der Waals surface area contributed by atoms with E-state index in [1.165, 1.54) is 48.4 Å². The summed E-state index contributed by atoms with van der Waals surface area (Å²) in [7, 11) is -2.75. The third kappa shape index (κ3) is 8.10. The van der Waals surface area contributed by atoms with Crippen molar-refractivity contribution in [3.8, 4) is 11.6 Å². The van der Waals surface area contributed by atoms with Gasteiger partial charge < -0.3 is 23.8 Å². The monoisotopic (exact) mass is 569 g/mol. The van der Waals surface area contributed by atoms with E-state index in [9.17, 15) is 22.4 Å². The summed E-state index contributed by atoms with van der Waals surface area (Å²) in [6, 6.07) is 5.83. The van der Waals surface area contributed by atoms with E-state index in [0.29, 0.717) is 5.75 Å². The summed E-state index contributed by atoms with van der Waals surface area (Å²) in [6.45, 7) is 7.47. The molecule has 0 N–H and O–H groups in total. The summed E-state index contributed by atoms with van der Waals surface area (Å²) in [5.74, 6) is -0.767. The van der Waals surface area contributed by atoms with Gasteiger partial charge in [-0.25, -0.2) is 22.6 Å². The Morgan fingerprint density at radius 3 is 2.28 bits per heavy atom. The zero-order chi connectivity index (χ0) is 29.0. The number of nitrogens with zero attached hydrogens (tertiary/aromatic N) is 3. The average molecular weight is 570 g/mol. The standard InChI is InChI=1S/C24H30FN3O8S.C2H6/c1-4-20-22(23(29)34-5-2)28(13-12-27(20)24(30)35-15-14-33-3)37(31,32)19-10-11-21(26-16-19)36-18-8-6-17(25)7-9-18;1-2/h6-11,16,20,22H,4-5,12-15H2,1-3H3;1-2H3/t20-,22-;/m0./s1. The van der Waals surface area contributed by atoms with Crippen LogP contribution in [0.4, 0.5) is 9.18 Å². The fourth-order valence-corrected chi connectivity index (χ4v) is 5.49. The van der Waals surface area contributed by atoms with Crippen molar-refractivity contribution in [1.82, 2.24) is 14.2 Å². The van der Waals surface area contributed by atoms with Crippen LogP contribution in [0.1, 0.15) is 34.1 Å². The minimum absolute atomic E-state index is 0.0125. The number of methoxy groups -OCH3 is 1. The number of hydrogen-bond acceptors (Lipinski definition) is 9. The van der Waals surface area contributed by atoms with Crippen LogP contribution in [0, 0.1) is 5.82 Å². The molecule has 0 radical (unpaired) electrons. The van der Waals surface area contributed by atoms with Crippen LogP contribution < -0.4 is 4.74 Å². The van der Waals surface area contributed by atoms with Gasteiger partial charge >= 0.3 is 12.1 Å². The van der Waals surface area contributed by atoms with Crippen LogP contribution in [0.5, 0.6) is 11.6 Å². The highest BCUT2D eigenvalue weighted by Gasteiger charge is 2.48. The lowest BCUT2D eigenvalue weighted by Gasteiger charge is -2.44. The minimum Gasteiger partial charge on any atom is -0.465 e. The van der Waals surface area contributed by atoms with Crippen molar-refractivity contribution in [2.45, 2.75) is 51.1 Å². The molecule has 0 spiro atoms. The van der Waals surface area contributed by atoms with Crippen LogP contribution >= 0.6 is 0 Å². The number of rotatable bonds is 10. The maximum absolute atomic E-state index is 13.6. The topological polar surface area (TPSA) is 125 Å². The highest BCUT2D eigenvalue weighted by molar-refractivity contribution is 7.89. The molecule has 2 heterocycles. The lowest BCUT2D eigenvalue weighted by Crippen LogP contribution is -2.65. The van der Waals surface area contributed by atoms with Crippen LogP contribution in [-0.4, -0.2) is 86.8 Å². The van der Waals surface area contributed by atoms with Crippen molar-refractivity contribution in [3.63, 3.8) is 0 Å². The quantitative estimate of drug-likeness (QED) is 0.310. The molecule has 2 aromatic rings. The molecule has 1 fully saturated rings. The smallest absolute Gasteiger partial charge is 0.410 e. The highest BCUT2D eigenvalue weighted by Crippen LogP contribution is 2.29. The number of ether oxygens (including phenoxy) is 4. The third-order valence-electron chi connectivity index (χ3n) is 5.68. The van der Waals surface area contributed by atoms with Crippen LogP contribution in [-0.2, 0) is 29.0 Å². The zero-order valence-electron chi connectivity index (χ0n) is 22.8. The van der Waals surface area contributed by atoms with Crippen molar-refractivity contribution >= 4 is 22.1 Å². The number of carbonyl (C=O) groups excluding carboxylic acids is 2. The summed E-state index contributed by atoms with van der Waals surface area (Å²) < 4.78 is 62.2. The Balaban J connectivity index is 0.00000260. The molecule has 1 amide bonds. The number of sulfonamides is 1. The summed E-state index contributed by atoms with van der Waals surface area (Å²) in [5.41, 5.74) is 0. The Kier molecular flexibility index (Phi) is 12.6. The molecule has 1 aromatic heterocycles. The van der Waals surface area contributed by atoms with Crippen LogP contribution in [0.15, 0.2) is 47.5 Å². The number of piperazine rings is 1. The van der Waals surface area contributed by atoms with Crippen LogP contribution in [0.25, 0.3) is 0 Å². The van der Waals surface area contributed by atoms with Gasteiger partial charge in [-0.3, -0.25) is 4.79 Å². The molecular formula is C26H36FN3O8S. The predicted octanol–water partition coefficient (Wildman–Crippen LogP) is 3.84. The molecule has 13 heteroatoms. The average Bonchev–Trinajstić information content (AvgIpc) is 2.95. The van der Waals surface area contributed by atoms with E-state index in [0.717, 1.165) is 10.5 Å². The van der Waals surface area contributed by atoms with Gasteiger partial charge in [0, 0.05) is 26.3 Å². The number of pyridine rings is 1. The van der Waals surface area contributed by atoms with Crippen molar-refractivity contribution < 1.29 is 41.3 Å². The molecule has 0 aliphatic carbocycles. The molecular weight excluding hydrogens is 533 g/mol. The molecule has 1 saturated heterocycles. The van der Waals surface area contributed by atoms with E-state index in [4.69, 9.17) is 18.9 Å². The molecule has 11 nitrogen and oxygen atoms in total. The van der Waals surface area contributed by atoms with Crippen LogP contribution in [0.2, 0.25) is 0 Å². The SMILES string of the molecule is CC.CCOC(=O)[C@@H]1[C@H](CC)N(C(=O)OCCOC)CCN1S(=O)(=O)c1ccc(Oc2ccc(F)cc2)nc1. The summed E-state index contributed by atoms with van der Waals surface area (Å²) >= 11 is 0. The second-order valence-corrected chi connectivity index (χ2v) is 9.87. The second kappa shape index (κ2) is 15.3. The Morgan fingerprint density at radius 1 is 1.03 bits per heavy atom. The van der Waals surface area contributed by atoms with Gasteiger partial charge in [-0.2, -0.15) is 4.31 Å². The van der Waals surface area contributed by atoms with E-state index >= 15 is 0 Å². The summed E-state index contributed by atoms with van der Waals surface area (Å²) in [4.78, 5) is 30.9. The minimum atomic E-state index is -4.22. The Morgan fingerprint density at radius 2 is 1.72 bits per heavy atom. The van der Waals surface area contributed by atoms with Crippen molar-refractivity contribution in [3.05, 3.63) is 48.4 Å². The predicted molar refractivity (Wildman–Crippen MR) is 140 cm³/mol. The highest BCUT2D eigenvalue weighted by atomic mass is 32.2. The van der Waals surface area contributed by atoms with Crippen molar-refractivity contribution in [2.24, 2.45) is 0 Å². The number of benzene rings is 1. The maximum atomic E-state index is 13.6. The van der Waals surface area contributed by atoms with E-state index in [2.05, 4.69) is 4.98 Å². The lowest BCUT2D eigenvalue weighted by atomic mass is 10.0. The molecule has 216 valence electrons. The number of hydrogen-bond donors (Lipinski definition) is 0. The van der Waals surface area contributed by atoms with Crippen LogP contribution in [0.3, 0.4) is 0 Å². The zero-order valence-corrected chi connectivity index (χ0v) is 23.6. The first-order valence-electron chi connectivity index (χ1n) is 12.7. The Labute approximate surface area is 228 Å². The van der Waals surface area contributed by atoms with Gasteiger partial charge in [0.05, 0.1) is 25.5 Å². The fourth-order valence-electron chi connectivity index (χ4n) is 3.95. The first-order valence-corrected chi connectivity index (χ1v) is 14.2. The number of carbonyl (C=O) groups is 2. The molecule has 0 unspecified atom stereocenters. The van der Waals surface area contributed by atoms with Gasteiger partial charge in [0.2, 0.25) is 15.9 Å². The summed E-state index contributed by atoms with van der Waals surface area (Å²) in [6.07, 6.45) is 0.722. The number of aromatic nitrogens is 1. The van der Waals surface area contributed by atoms with E-state index in [1.54, 1.807) is 13.8 Å². The van der Waals surface area contributed by atoms with E-state index < -0.39 is 40.0 Å². The van der Waals surface area contributed by atoms with Crippen molar-refractivity contribution in [1.29, 1.82) is 0 Å². The molecule has 1 aromatic carbocycles. The first kappa shape index (κ1) is 31.9. The van der Waals surface area contributed by atoms with Gasteiger partial charge in [0.25, 0.3) is 0 Å². The van der Waals surface area contributed by atoms with Gasteiger partial charge in [-0.05, 0) is 43.7 Å². The molecule has 0 bridgehead atoms. The van der Waals surface area contributed by atoms with Crippen molar-refractivity contribution in [2.75, 3.05) is 40.0 Å². The summed E-state index contributed by atoms with van der Waals surface area (Å²) in [5, 5.41) is 0. The van der Waals surface area contributed by atoms with Gasteiger partial charge in [-0.1, -0.05) is 20.8 Å². The molecule has 1 aliphatic heterocycles. The second-order valence-electron chi connectivity index (χ2n) is 7.98. The van der Waals surface area contributed by atoms with Gasteiger partial charge in [0.15, 0.2) is 0 Å². The Hall–Kier alpha value is -3.29. The Bertz CT molecular complexity index is 1160. The number of halogens is 1. The third-order valence-corrected chi connectivity index (χ3v) is 7.55. The lowest BCUT2D eigenvalue weighted by molar-refractivity contribution is -0.151. The normalized spacial score (nSPS) is 17.5. The number of esters is 1. The molecule has 0 saturated carbocycles. The fraction of sp³-hybridized carbons (Fsp3) is 0.500. The van der Waals surface area contributed by atoms with Gasteiger partial charge in [0.1, 0.15) is 29.1 Å². The van der Waals surface area contributed by atoms with E-state index in [-0.39, 0.29) is 50.1 Å². The maximum Gasteiger partial charge on any atom is 0.410 e. The molecule has 3 rings (SSSR count).